The average molecular weight is 398 g/mol. The summed E-state index contributed by atoms with van der Waals surface area (Å²) in [5, 5.41) is 2.52. The molecule has 0 saturated carbocycles. The van der Waals surface area contributed by atoms with Gasteiger partial charge in [-0.05, 0) is 47.5 Å². The number of likely N-dealkylation sites (tertiary alicyclic amines) is 1. The first kappa shape index (κ1) is 22.0. The van der Waals surface area contributed by atoms with E-state index in [1.54, 1.807) is 55.4 Å². The number of carbonyl (C=O) groups excluding carboxylic acids is 4. The minimum absolute atomic E-state index is 0.241. The standard InChI is InChI=1S/C19H30N2O7/c1-10(2)12-13-19(9-11(22)26-13,20-15(24)27-17(3,4)5)14(23)21(12)16(25)28-18(6,7)8/h10,12-13H,9H2,1-8H3,(H,20,24)/t12-,13+,19-/m1/s1. The van der Waals surface area contributed by atoms with Crippen molar-refractivity contribution in [3.63, 3.8) is 0 Å². The molecule has 0 radical (unpaired) electrons. The second kappa shape index (κ2) is 6.93. The molecule has 2 heterocycles. The fraction of sp³-hybridized carbons (Fsp3) is 0.789. The van der Waals surface area contributed by atoms with Crippen LogP contribution < -0.4 is 5.32 Å². The van der Waals surface area contributed by atoms with Gasteiger partial charge in [-0.25, -0.2) is 14.5 Å². The van der Waals surface area contributed by atoms with Gasteiger partial charge in [-0.15, -0.1) is 0 Å². The predicted octanol–water partition coefficient (Wildman–Crippen LogP) is 2.37. The lowest BCUT2D eigenvalue weighted by Gasteiger charge is -2.30. The molecule has 0 aromatic carbocycles. The van der Waals surface area contributed by atoms with Crippen molar-refractivity contribution >= 4 is 24.1 Å². The number of hydrogen-bond donors (Lipinski definition) is 1. The summed E-state index contributed by atoms with van der Waals surface area (Å²) >= 11 is 0. The van der Waals surface area contributed by atoms with E-state index in [9.17, 15) is 19.2 Å². The van der Waals surface area contributed by atoms with Gasteiger partial charge in [-0.1, -0.05) is 13.8 Å². The SMILES string of the molecule is CC(C)[C@@H]1[C@@H]2OC(=O)C[C@]2(NC(=O)OC(C)(C)C)C(=O)N1C(=O)OC(C)(C)C. The fourth-order valence-corrected chi connectivity index (χ4v) is 3.47. The molecule has 0 aromatic rings. The molecule has 3 amide bonds. The van der Waals surface area contributed by atoms with E-state index in [1.807, 2.05) is 0 Å². The van der Waals surface area contributed by atoms with Crippen molar-refractivity contribution in [3.8, 4) is 0 Å². The van der Waals surface area contributed by atoms with Crippen LogP contribution in [0.3, 0.4) is 0 Å². The second-order valence-electron chi connectivity index (χ2n) is 9.58. The minimum Gasteiger partial charge on any atom is -0.457 e. The molecule has 0 bridgehead atoms. The monoisotopic (exact) mass is 398 g/mol. The van der Waals surface area contributed by atoms with Gasteiger partial charge in [0.05, 0.1) is 12.5 Å². The Hall–Kier alpha value is -2.32. The van der Waals surface area contributed by atoms with Gasteiger partial charge in [-0.3, -0.25) is 9.59 Å². The lowest BCUT2D eigenvalue weighted by molar-refractivity contribution is -0.145. The number of rotatable bonds is 2. The molecule has 2 aliphatic heterocycles. The van der Waals surface area contributed by atoms with Crippen LogP contribution in [0.4, 0.5) is 9.59 Å². The quantitative estimate of drug-likeness (QED) is 0.561. The van der Waals surface area contributed by atoms with E-state index in [2.05, 4.69) is 5.32 Å². The Balaban J connectivity index is 2.42. The van der Waals surface area contributed by atoms with Crippen LogP contribution in [-0.4, -0.2) is 57.8 Å². The van der Waals surface area contributed by atoms with E-state index in [0.29, 0.717) is 0 Å². The Morgan fingerprint density at radius 1 is 1.11 bits per heavy atom. The van der Waals surface area contributed by atoms with E-state index >= 15 is 0 Å². The molecule has 28 heavy (non-hydrogen) atoms. The van der Waals surface area contributed by atoms with Crippen molar-refractivity contribution in [3.05, 3.63) is 0 Å². The Bertz CT molecular complexity index is 689. The van der Waals surface area contributed by atoms with E-state index in [0.717, 1.165) is 4.90 Å². The second-order valence-corrected chi connectivity index (χ2v) is 9.58. The number of amides is 3. The van der Waals surface area contributed by atoms with Gasteiger partial charge in [0, 0.05) is 0 Å². The van der Waals surface area contributed by atoms with Crippen LogP contribution in [-0.2, 0) is 23.8 Å². The molecule has 0 aromatic heterocycles. The number of alkyl carbamates (subject to hydrolysis) is 1. The molecule has 0 spiro atoms. The van der Waals surface area contributed by atoms with Crippen molar-refractivity contribution in [1.29, 1.82) is 0 Å². The zero-order valence-corrected chi connectivity index (χ0v) is 17.7. The lowest BCUT2D eigenvalue weighted by atomic mass is 9.87. The normalized spacial score (nSPS) is 27.5. The van der Waals surface area contributed by atoms with Gasteiger partial charge in [-0.2, -0.15) is 0 Å². The first-order valence-electron chi connectivity index (χ1n) is 9.35. The Morgan fingerprint density at radius 3 is 2.11 bits per heavy atom. The summed E-state index contributed by atoms with van der Waals surface area (Å²) < 4.78 is 16.0. The number of ether oxygens (including phenoxy) is 3. The third kappa shape index (κ3) is 4.23. The third-order valence-corrected chi connectivity index (χ3v) is 4.37. The van der Waals surface area contributed by atoms with Crippen molar-refractivity contribution in [2.75, 3.05) is 0 Å². The van der Waals surface area contributed by atoms with Gasteiger partial charge in [0.25, 0.3) is 5.91 Å². The first-order chi connectivity index (χ1) is 12.6. The van der Waals surface area contributed by atoms with Crippen molar-refractivity contribution in [2.45, 2.75) is 90.7 Å². The number of nitrogens with one attached hydrogen (secondary N) is 1. The number of imide groups is 1. The van der Waals surface area contributed by atoms with Crippen LogP contribution in [0.1, 0.15) is 61.8 Å². The van der Waals surface area contributed by atoms with Gasteiger partial charge in [0.1, 0.15) is 11.2 Å². The van der Waals surface area contributed by atoms with E-state index in [1.165, 1.54) is 0 Å². The van der Waals surface area contributed by atoms with Crippen LogP contribution in [0.5, 0.6) is 0 Å². The summed E-state index contributed by atoms with van der Waals surface area (Å²) in [4.78, 5) is 51.5. The van der Waals surface area contributed by atoms with Crippen LogP contribution in [0.2, 0.25) is 0 Å². The van der Waals surface area contributed by atoms with Gasteiger partial charge < -0.3 is 19.5 Å². The highest BCUT2D eigenvalue weighted by atomic mass is 16.6. The Kier molecular flexibility index (Phi) is 5.44. The zero-order valence-electron chi connectivity index (χ0n) is 17.7. The van der Waals surface area contributed by atoms with Crippen molar-refractivity contribution in [1.82, 2.24) is 10.2 Å². The molecule has 158 valence electrons. The van der Waals surface area contributed by atoms with Gasteiger partial charge in [0.15, 0.2) is 11.6 Å². The Labute approximate surface area is 165 Å². The highest BCUT2D eigenvalue weighted by Gasteiger charge is 2.69. The Morgan fingerprint density at radius 2 is 1.64 bits per heavy atom. The molecule has 2 rings (SSSR count). The largest absolute Gasteiger partial charge is 0.457 e. The highest BCUT2D eigenvalue weighted by molar-refractivity contribution is 6.06. The average Bonchev–Trinajstić information content (AvgIpc) is 2.86. The zero-order chi connectivity index (χ0) is 21.7. The van der Waals surface area contributed by atoms with E-state index in [4.69, 9.17) is 14.2 Å². The molecule has 3 atom stereocenters. The molecule has 2 aliphatic rings. The van der Waals surface area contributed by atoms with Gasteiger partial charge >= 0.3 is 18.2 Å². The van der Waals surface area contributed by atoms with Crippen LogP contribution in [0.25, 0.3) is 0 Å². The topological polar surface area (TPSA) is 111 Å². The number of nitrogens with zero attached hydrogens (tertiary/aromatic N) is 1. The molecule has 2 fully saturated rings. The molecule has 2 saturated heterocycles. The summed E-state index contributed by atoms with van der Waals surface area (Å²) in [6.45, 7) is 13.7. The summed E-state index contributed by atoms with van der Waals surface area (Å²) in [5.74, 6) is -1.60. The van der Waals surface area contributed by atoms with Crippen molar-refractivity contribution < 1.29 is 33.4 Å². The van der Waals surface area contributed by atoms with Crippen molar-refractivity contribution in [2.24, 2.45) is 5.92 Å². The van der Waals surface area contributed by atoms with Crippen LogP contribution in [0, 0.1) is 5.92 Å². The summed E-state index contributed by atoms with van der Waals surface area (Å²) in [5.41, 5.74) is -3.33. The number of fused-ring (bicyclic) bond motifs is 1. The maximum Gasteiger partial charge on any atom is 0.417 e. The maximum atomic E-state index is 13.3. The smallest absolute Gasteiger partial charge is 0.417 e. The van der Waals surface area contributed by atoms with Crippen LogP contribution >= 0.6 is 0 Å². The first-order valence-corrected chi connectivity index (χ1v) is 9.35. The summed E-state index contributed by atoms with van der Waals surface area (Å²) in [6.07, 6.45) is -3.10. The molecule has 0 aliphatic carbocycles. The predicted molar refractivity (Wildman–Crippen MR) is 98.3 cm³/mol. The summed E-state index contributed by atoms with van der Waals surface area (Å²) in [6, 6.07) is -0.774. The third-order valence-electron chi connectivity index (χ3n) is 4.37. The maximum absolute atomic E-state index is 13.3. The van der Waals surface area contributed by atoms with E-state index < -0.39 is 52.9 Å². The molecular formula is C19H30N2O7. The molecule has 9 nitrogen and oxygen atoms in total. The minimum atomic E-state index is -1.70. The molecule has 9 heteroatoms. The van der Waals surface area contributed by atoms with E-state index in [-0.39, 0.29) is 12.3 Å². The van der Waals surface area contributed by atoms with Crippen LogP contribution in [0.15, 0.2) is 0 Å². The molecule has 1 N–H and O–H groups in total. The number of esters is 1. The highest BCUT2D eigenvalue weighted by Crippen LogP contribution is 2.42. The number of hydrogen-bond acceptors (Lipinski definition) is 7. The fourth-order valence-electron chi connectivity index (χ4n) is 3.47. The van der Waals surface area contributed by atoms with Gasteiger partial charge in [0.2, 0.25) is 0 Å². The summed E-state index contributed by atoms with van der Waals surface area (Å²) in [7, 11) is 0. The molecule has 0 unspecified atom stereocenters. The lowest BCUT2D eigenvalue weighted by Crippen LogP contribution is -2.58. The molecular weight excluding hydrogens is 368 g/mol. The number of carbonyl (C=O) groups is 4.